The lowest BCUT2D eigenvalue weighted by Gasteiger charge is -2.00. The second-order valence-corrected chi connectivity index (χ2v) is 3.01. The molecule has 4 heteroatoms. The molecule has 0 N–H and O–H groups in total. The first-order valence-electron chi connectivity index (χ1n) is 3.91. The predicted molar refractivity (Wildman–Crippen MR) is 42.3 cm³/mol. The van der Waals surface area contributed by atoms with Gasteiger partial charge in [-0.05, 0) is 12.0 Å². The molecule has 0 atom stereocenters. The summed E-state index contributed by atoms with van der Waals surface area (Å²) in [6, 6.07) is 1.77. The van der Waals surface area contributed by atoms with Crippen LogP contribution in [0.25, 0.3) is 0 Å². The minimum absolute atomic E-state index is 0.295. The van der Waals surface area contributed by atoms with E-state index < -0.39 is 6.43 Å². The van der Waals surface area contributed by atoms with Gasteiger partial charge in [0.05, 0.1) is 5.69 Å². The first kappa shape index (κ1) is 9.16. The van der Waals surface area contributed by atoms with E-state index in [1.165, 1.54) is 4.68 Å². The van der Waals surface area contributed by atoms with Crippen molar-refractivity contribution in [3.63, 3.8) is 0 Å². The van der Waals surface area contributed by atoms with Crippen LogP contribution in [0.3, 0.4) is 0 Å². The molecule has 68 valence electrons. The Morgan fingerprint density at radius 1 is 1.50 bits per heavy atom. The number of hydrogen-bond donors (Lipinski definition) is 0. The van der Waals surface area contributed by atoms with Crippen LogP contribution in [0.2, 0.25) is 0 Å². The Bertz CT molecular complexity index is 243. The summed E-state index contributed by atoms with van der Waals surface area (Å²) in [4.78, 5) is 0. The third-order valence-corrected chi connectivity index (χ3v) is 1.58. The molecule has 0 aromatic carbocycles. The van der Waals surface area contributed by atoms with Gasteiger partial charge in [0.15, 0.2) is 0 Å². The lowest BCUT2D eigenvalue weighted by atomic mass is 10.1. The van der Waals surface area contributed by atoms with Crippen LogP contribution in [0, 0.1) is 0 Å². The van der Waals surface area contributed by atoms with Crippen LogP contribution in [0.1, 0.15) is 25.5 Å². The van der Waals surface area contributed by atoms with E-state index >= 15 is 0 Å². The molecule has 1 rings (SSSR count). The molecular weight excluding hydrogens is 162 g/mol. The minimum Gasteiger partial charge on any atom is -0.267 e. The normalized spacial score (nSPS) is 11.5. The van der Waals surface area contributed by atoms with Crippen LogP contribution in [0.5, 0.6) is 0 Å². The molecule has 0 spiro atoms. The van der Waals surface area contributed by atoms with Crippen molar-refractivity contribution in [3.8, 4) is 0 Å². The van der Waals surface area contributed by atoms with Gasteiger partial charge in [-0.25, -0.2) is 8.78 Å². The number of halogens is 2. The molecule has 1 aromatic heterocycles. The zero-order valence-electron chi connectivity index (χ0n) is 7.17. The minimum atomic E-state index is -2.33. The topological polar surface area (TPSA) is 17.8 Å². The van der Waals surface area contributed by atoms with E-state index in [9.17, 15) is 8.78 Å². The number of aromatic nitrogens is 2. The number of alkyl halides is 2. The van der Waals surface area contributed by atoms with Gasteiger partial charge < -0.3 is 0 Å². The van der Waals surface area contributed by atoms with Gasteiger partial charge in [0.1, 0.15) is 6.54 Å². The van der Waals surface area contributed by atoms with Crippen LogP contribution in [-0.4, -0.2) is 16.2 Å². The van der Waals surface area contributed by atoms with E-state index in [1.54, 1.807) is 12.3 Å². The molecule has 0 aliphatic heterocycles. The SMILES string of the molecule is CC(C)c1ccn(CC(F)F)n1. The molecule has 1 heterocycles. The van der Waals surface area contributed by atoms with Gasteiger partial charge in [0, 0.05) is 6.20 Å². The Kier molecular flexibility index (Phi) is 2.78. The highest BCUT2D eigenvalue weighted by atomic mass is 19.3. The molecule has 0 radical (unpaired) electrons. The highest BCUT2D eigenvalue weighted by Crippen LogP contribution is 2.10. The number of hydrogen-bond acceptors (Lipinski definition) is 1. The van der Waals surface area contributed by atoms with E-state index in [2.05, 4.69) is 5.10 Å². The highest BCUT2D eigenvalue weighted by molar-refractivity contribution is 5.03. The summed E-state index contributed by atoms with van der Waals surface area (Å²) in [7, 11) is 0. The summed E-state index contributed by atoms with van der Waals surface area (Å²) in [6.07, 6.45) is -0.744. The van der Waals surface area contributed by atoms with E-state index in [-0.39, 0.29) is 6.54 Å². The molecule has 2 nitrogen and oxygen atoms in total. The fourth-order valence-electron chi connectivity index (χ4n) is 0.928. The summed E-state index contributed by atoms with van der Waals surface area (Å²) in [5.74, 6) is 0.295. The maximum absolute atomic E-state index is 11.9. The van der Waals surface area contributed by atoms with Crippen molar-refractivity contribution < 1.29 is 8.78 Å². The Hall–Kier alpha value is -0.930. The summed E-state index contributed by atoms with van der Waals surface area (Å²) in [5.41, 5.74) is 0.857. The summed E-state index contributed by atoms with van der Waals surface area (Å²) in [6.45, 7) is 3.65. The van der Waals surface area contributed by atoms with Gasteiger partial charge >= 0.3 is 0 Å². The average Bonchev–Trinajstić information content (AvgIpc) is 2.34. The summed E-state index contributed by atoms with van der Waals surface area (Å²) >= 11 is 0. The zero-order chi connectivity index (χ0) is 9.14. The third kappa shape index (κ3) is 2.29. The maximum Gasteiger partial charge on any atom is 0.257 e. The van der Waals surface area contributed by atoms with Gasteiger partial charge in [-0.15, -0.1) is 0 Å². The molecule has 0 amide bonds. The van der Waals surface area contributed by atoms with Gasteiger partial charge in [0.25, 0.3) is 6.43 Å². The van der Waals surface area contributed by atoms with Crippen LogP contribution >= 0.6 is 0 Å². The van der Waals surface area contributed by atoms with Crippen molar-refractivity contribution in [2.75, 3.05) is 0 Å². The van der Waals surface area contributed by atoms with Crippen molar-refractivity contribution in [1.29, 1.82) is 0 Å². The monoisotopic (exact) mass is 174 g/mol. The second kappa shape index (κ2) is 3.65. The molecular formula is C8H12F2N2. The first-order chi connectivity index (χ1) is 5.59. The van der Waals surface area contributed by atoms with Crippen LogP contribution in [-0.2, 0) is 6.54 Å². The Balaban J connectivity index is 2.64. The molecule has 0 saturated carbocycles. The van der Waals surface area contributed by atoms with Crippen molar-refractivity contribution in [2.24, 2.45) is 0 Å². The van der Waals surface area contributed by atoms with Gasteiger partial charge in [-0.1, -0.05) is 13.8 Å². The fourth-order valence-corrected chi connectivity index (χ4v) is 0.928. The molecule has 0 aliphatic carbocycles. The second-order valence-electron chi connectivity index (χ2n) is 3.01. The van der Waals surface area contributed by atoms with E-state index in [1.807, 2.05) is 13.8 Å². The zero-order valence-corrected chi connectivity index (χ0v) is 7.17. The molecule has 0 unspecified atom stereocenters. The quantitative estimate of drug-likeness (QED) is 0.687. The van der Waals surface area contributed by atoms with Crippen molar-refractivity contribution in [1.82, 2.24) is 9.78 Å². The van der Waals surface area contributed by atoms with E-state index in [0.717, 1.165) is 5.69 Å². The van der Waals surface area contributed by atoms with Crippen LogP contribution in [0.15, 0.2) is 12.3 Å². The average molecular weight is 174 g/mol. The molecule has 1 aromatic rings. The van der Waals surface area contributed by atoms with Crippen LogP contribution < -0.4 is 0 Å². The highest BCUT2D eigenvalue weighted by Gasteiger charge is 2.07. The summed E-state index contributed by atoms with van der Waals surface area (Å²) < 4.78 is 25.0. The van der Waals surface area contributed by atoms with Crippen molar-refractivity contribution in [2.45, 2.75) is 32.7 Å². The van der Waals surface area contributed by atoms with Gasteiger partial charge in [0.2, 0.25) is 0 Å². The largest absolute Gasteiger partial charge is 0.267 e. The molecule has 0 bridgehead atoms. The fraction of sp³-hybridized carbons (Fsp3) is 0.625. The smallest absolute Gasteiger partial charge is 0.257 e. The van der Waals surface area contributed by atoms with Crippen molar-refractivity contribution in [3.05, 3.63) is 18.0 Å². The van der Waals surface area contributed by atoms with Crippen molar-refractivity contribution >= 4 is 0 Å². The molecule has 0 saturated heterocycles. The lowest BCUT2D eigenvalue weighted by molar-refractivity contribution is 0.121. The van der Waals surface area contributed by atoms with E-state index in [0.29, 0.717) is 5.92 Å². The Morgan fingerprint density at radius 2 is 2.17 bits per heavy atom. The number of nitrogens with zero attached hydrogens (tertiary/aromatic N) is 2. The van der Waals surface area contributed by atoms with E-state index in [4.69, 9.17) is 0 Å². The third-order valence-electron chi connectivity index (χ3n) is 1.58. The lowest BCUT2D eigenvalue weighted by Crippen LogP contribution is -2.07. The van der Waals surface area contributed by atoms with Crippen LogP contribution in [0.4, 0.5) is 8.78 Å². The first-order valence-corrected chi connectivity index (χ1v) is 3.91. The molecule has 0 fully saturated rings. The molecule has 12 heavy (non-hydrogen) atoms. The maximum atomic E-state index is 11.9. The van der Waals surface area contributed by atoms with Gasteiger partial charge in [-0.3, -0.25) is 4.68 Å². The molecule has 0 aliphatic rings. The Morgan fingerprint density at radius 3 is 2.58 bits per heavy atom. The predicted octanol–water partition coefficient (Wildman–Crippen LogP) is 2.27. The Labute approximate surface area is 70.2 Å². The standard InChI is InChI=1S/C8H12F2N2/c1-6(2)7-3-4-12(11-7)5-8(9)10/h3-4,6,8H,5H2,1-2H3. The van der Waals surface area contributed by atoms with Gasteiger partial charge in [-0.2, -0.15) is 5.10 Å². The summed E-state index contributed by atoms with van der Waals surface area (Å²) in [5, 5.41) is 3.99. The number of rotatable bonds is 3.